The molecule has 0 aliphatic heterocycles. The number of rotatable bonds is 10. The normalized spacial score (nSPS) is 10.6. The van der Waals surface area contributed by atoms with Gasteiger partial charge in [0.2, 0.25) is 0 Å². The summed E-state index contributed by atoms with van der Waals surface area (Å²) in [5.74, 6) is -0.895. The van der Waals surface area contributed by atoms with Gasteiger partial charge >= 0.3 is 11.9 Å². The van der Waals surface area contributed by atoms with Crippen LogP contribution in [0.4, 0.5) is 0 Å². The van der Waals surface area contributed by atoms with Crippen LogP contribution in [0.2, 0.25) is 0 Å². The molecule has 19 heavy (non-hydrogen) atoms. The van der Waals surface area contributed by atoms with Crippen LogP contribution in [0.25, 0.3) is 0 Å². The molecular weight excluding hydrogens is 244 g/mol. The van der Waals surface area contributed by atoms with Crippen LogP contribution in [0.5, 0.6) is 0 Å². The molecule has 0 saturated heterocycles. The fraction of sp³-hybridized carbons (Fsp3) is 0.600. The van der Waals surface area contributed by atoms with Crippen molar-refractivity contribution in [1.82, 2.24) is 0 Å². The maximum atomic E-state index is 11.5. The van der Waals surface area contributed by atoms with E-state index in [1.165, 1.54) is 0 Å². The first-order chi connectivity index (χ1) is 9.03. The summed E-state index contributed by atoms with van der Waals surface area (Å²) < 4.78 is 10.5. The summed E-state index contributed by atoms with van der Waals surface area (Å²) in [6.45, 7) is 11.0. The highest BCUT2D eigenvalue weighted by atomic mass is 16.6. The standard InChI is InChI=1S/C15H24O4/c1-5-9-15(10-6-2,19-14(17)8-4)11-12-18-13(16)7-3/h7-8H,3-6,9-12H2,1-2H3. The van der Waals surface area contributed by atoms with E-state index < -0.39 is 17.5 Å². The minimum absolute atomic E-state index is 0.218. The third-order valence-corrected chi connectivity index (χ3v) is 2.86. The van der Waals surface area contributed by atoms with Gasteiger partial charge in [-0.25, -0.2) is 9.59 Å². The largest absolute Gasteiger partial charge is 0.462 e. The number of carbonyl (C=O) groups is 2. The minimum atomic E-state index is -0.573. The van der Waals surface area contributed by atoms with Gasteiger partial charge in [0.1, 0.15) is 5.60 Å². The number of hydrogen-bond donors (Lipinski definition) is 0. The van der Waals surface area contributed by atoms with E-state index >= 15 is 0 Å². The number of hydrogen-bond acceptors (Lipinski definition) is 4. The van der Waals surface area contributed by atoms with E-state index in [1.807, 2.05) is 13.8 Å². The van der Waals surface area contributed by atoms with E-state index in [-0.39, 0.29) is 6.61 Å². The van der Waals surface area contributed by atoms with Gasteiger partial charge in [-0.15, -0.1) is 0 Å². The van der Waals surface area contributed by atoms with Crippen molar-refractivity contribution in [3.05, 3.63) is 25.3 Å². The molecule has 0 rings (SSSR count). The minimum Gasteiger partial charge on any atom is -0.462 e. The Hall–Kier alpha value is -1.58. The van der Waals surface area contributed by atoms with Crippen LogP contribution >= 0.6 is 0 Å². The van der Waals surface area contributed by atoms with E-state index in [0.29, 0.717) is 6.42 Å². The monoisotopic (exact) mass is 268 g/mol. The van der Waals surface area contributed by atoms with Crippen molar-refractivity contribution in [3.8, 4) is 0 Å². The Morgan fingerprint density at radius 2 is 1.53 bits per heavy atom. The zero-order valence-electron chi connectivity index (χ0n) is 11.9. The second-order valence-electron chi connectivity index (χ2n) is 4.43. The zero-order chi connectivity index (χ0) is 14.7. The molecule has 0 aromatic rings. The maximum absolute atomic E-state index is 11.5. The van der Waals surface area contributed by atoms with Crippen molar-refractivity contribution in [1.29, 1.82) is 0 Å². The van der Waals surface area contributed by atoms with Gasteiger partial charge in [-0.2, -0.15) is 0 Å². The Labute approximate surface area is 115 Å². The molecule has 0 saturated carbocycles. The topological polar surface area (TPSA) is 52.6 Å². The Balaban J connectivity index is 4.68. The first-order valence-corrected chi connectivity index (χ1v) is 6.68. The molecule has 0 fully saturated rings. The van der Waals surface area contributed by atoms with Gasteiger partial charge in [0.15, 0.2) is 0 Å². The second kappa shape index (κ2) is 9.36. The second-order valence-corrected chi connectivity index (χ2v) is 4.43. The molecule has 4 heteroatoms. The van der Waals surface area contributed by atoms with Crippen LogP contribution in [0.3, 0.4) is 0 Å². The van der Waals surface area contributed by atoms with E-state index in [9.17, 15) is 9.59 Å². The average Bonchev–Trinajstić information content (AvgIpc) is 2.38. The van der Waals surface area contributed by atoms with E-state index in [4.69, 9.17) is 9.47 Å². The fourth-order valence-electron chi connectivity index (χ4n) is 2.09. The van der Waals surface area contributed by atoms with E-state index in [1.54, 1.807) is 0 Å². The Morgan fingerprint density at radius 1 is 1.00 bits per heavy atom. The molecule has 0 aromatic carbocycles. The van der Waals surface area contributed by atoms with Gasteiger partial charge in [0.05, 0.1) is 6.61 Å². The van der Waals surface area contributed by atoms with Crippen molar-refractivity contribution >= 4 is 11.9 Å². The number of ether oxygens (including phenoxy) is 2. The molecule has 0 aliphatic carbocycles. The average molecular weight is 268 g/mol. The lowest BCUT2D eigenvalue weighted by molar-refractivity contribution is -0.158. The quantitative estimate of drug-likeness (QED) is 0.451. The first kappa shape index (κ1) is 17.4. The molecular formula is C15H24O4. The summed E-state index contributed by atoms with van der Waals surface area (Å²) in [4.78, 5) is 22.5. The molecule has 0 aliphatic rings. The number of carbonyl (C=O) groups excluding carboxylic acids is 2. The molecule has 0 bridgehead atoms. The van der Waals surface area contributed by atoms with Crippen LogP contribution < -0.4 is 0 Å². The third kappa shape index (κ3) is 6.79. The highest BCUT2D eigenvalue weighted by Gasteiger charge is 2.32. The highest BCUT2D eigenvalue weighted by molar-refractivity contribution is 5.81. The lowest BCUT2D eigenvalue weighted by atomic mass is 9.89. The predicted octanol–water partition coefficient (Wildman–Crippen LogP) is 3.17. The van der Waals surface area contributed by atoms with Gasteiger partial charge in [-0.05, 0) is 12.8 Å². The van der Waals surface area contributed by atoms with Crippen molar-refractivity contribution in [2.75, 3.05) is 6.61 Å². The summed E-state index contributed by atoms with van der Waals surface area (Å²) in [6.07, 6.45) is 6.04. The van der Waals surface area contributed by atoms with Crippen LogP contribution in [0, 0.1) is 0 Å². The molecule has 0 atom stereocenters. The van der Waals surface area contributed by atoms with Crippen LogP contribution in [0.15, 0.2) is 25.3 Å². The molecule has 4 nitrogen and oxygen atoms in total. The van der Waals surface area contributed by atoms with E-state index in [0.717, 1.165) is 37.8 Å². The fourth-order valence-corrected chi connectivity index (χ4v) is 2.09. The molecule has 0 radical (unpaired) electrons. The van der Waals surface area contributed by atoms with Gasteiger partial charge < -0.3 is 9.47 Å². The lowest BCUT2D eigenvalue weighted by Crippen LogP contribution is -2.36. The maximum Gasteiger partial charge on any atom is 0.330 e. The lowest BCUT2D eigenvalue weighted by Gasteiger charge is -2.32. The summed E-state index contributed by atoms with van der Waals surface area (Å²) >= 11 is 0. The van der Waals surface area contributed by atoms with Gasteiger partial charge in [-0.1, -0.05) is 39.8 Å². The summed E-state index contributed by atoms with van der Waals surface area (Å²) in [5.41, 5.74) is -0.573. The van der Waals surface area contributed by atoms with Gasteiger partial charge in [-0.3, -0.25) is 0 Å². The molecule has 0 aromatic heterocycles. The van der Waals surface area contributed by atoms with Crippen molar-refractivity contribution in [2.24, 2.45) is 0 Å². The molecule has 0 unspecified atom stereocenters. The molecule has 0 N–H and O–H groups in total. The SMILES string of the molecule is C=CC(=O)OCCC(CCC)(CCC)OC(=O)C=C. The van der Waals surface area contributed by atoms with Gasteiger partial charge in [0.25, 0.3) is 0 Å². The smallest absolute Gasteiger partial charge is 0.330 e. The molecule has 0 heterocycles. The predicted molar refractivity (Wildman–Crippen MR) is 74.6 cm³/mol. The Bertz CT molecular complexity index is 314. The van der Waals surface area contributed by atoms with Crippen molar-refractivity contribution < 1.29 is 19.1 Å². The molecule has 0 spiro atoms. The van der Waals surface area contributed by atoms with E-state index in [2.05, 4.69) is 13.2 Å². The molecule has 0 amide bonds. The third-order valence-electron chi connectivity index (χ3n) is 2.86. The summed E-state index contributed by atoms with van der Waals surface area (Å²) in [7, 11) is 0. The van der Waals surface area contributed by atoms with Crippen molar-refractivity contribution in [3.63, 3.8) is 0 Å². The molecule has 108 valence electrons. The van der Waals surface area contributed by atoms with Gasteiger partial charge in [0, 0.05) is 18.6 Å². The van der Waals surface area contributed by atoms with Crippen LogP contribution in [-0.2, 0) is 19.1 Å². The Kier molecular flexibility index (Phi) is 8.58. The first-order valence-electron chi connectivity index (χ1n) is 6.68. The van der Waals surface area contributed by atoms with Crippen LogP contribution in [-0.4, -0.2) is 24.1 Å². The Morgan fingerprint density at radius 3 is 1.95 bits per heavy atom. The number of esters is 2. The highest BCUT2D eigenvalue weighted by Crippen LogP contribution is 2.28. The zero-order valence-corrected chi connectivity index (χ0v) is 11.9. The van der Waals surface area contributed by atoms with Crippen LogP contribution in [0.1, 0.15) is 46.0 Å². The summed E-state index contributed by atoms with van der Waals surface area (Å²) in [6, 6.07) is 0. The summed E-state index contributed by atoms with van der Waals surface area (Å²) in [5, 5.41) is 0. The van der Waals surface area contributed by atoms with Crippen molar-refractivity contribution in [2.45, 2.75) is 51.6 Å².